The average Bonchev–Trinajstić information content (AvgIpc) is 2.96. The van der Waals surface area contributed by atoms with Gasteiger partial charge in [-0.3, -0.25) is 4.79 Å². The van der Waals surface area contributed by atoms with Gasteiger partial charge in [0, 0.05) is 26.4 Å². The molecular weight excluding hydrogens is 320 g/mol. The van der Waals surface area contributed by atoms with Gasteiger partial charge in [0.25, 0.3) is 0 Å². The SMILES string of the molecule is COCCOCOc1cc(OCOCCOC)c2c(c1)OCC2=O. The van der Waals surface area contributed by atoms with Gasteiger partial charge >= 0.3 is 0 Å². The minimum absolute atomic E-state index is 0.00310. The van der Waals surface area contributed by atoms with Crippen LogP contribution in [0.1, 0.15) is 10.4 Å². The van der Waals surface area contributed by atoms with E-state index in [4.69, 9.17) is 33.2 Å². The molecule has 0 bridgehead atoms. The molecule has 24 heavy (non-hydrogen) atoms. The van der Waals surface area contributed by atoms with Crippen LogP contribution in [0.4, 0.5) is 0 Å². The molecule has 1 aromatic rings. The summed E-state index contributed by atoms with van der Waals surface area (Å²) in [7, 11) is 3.18. The zero-order chi connectivity index (χ0) is 17.2. The van der Waals surface area contributed by atoms with Crippen LogP contribution in [-0.2, 0) is 18.9 Å². The van der Waals surface area contributed by atoms with Gasteiger partial charge in [0.2, 0.25) is 5.78 Å². The number of rotatable bonds is 12. The van der Waals surface area contributed by atoms with E-state index in [0.717, 1.165) is 0 Å². The molecule has 0 amide bonds. The molecule has 0 radical (unpaired) electrons. The number of hydrogen-bond acceptors (Lipinski definition) is 8. The predicted molar refractivity (Wildman–Crippen MR) is 82.9 cm³/mol. The van der Waals surface area contributed by atoms with Gasteiger partial charge in [-0.25, -0.2) is 0 Å². The van der Waals surface area contributed by atoms with Gasteiger partial charge in [-0.1, -0.05) is 0 Å². The van der Waals surface area contributed by atoms with Gasteiger partial charge in [0.15, 0.2) is 20.2 Å². The number of methoxy groups -OCH3 is 2. The van der Waals surface area contributed by atoms with Gasteiger partial charge in [0.05, 0.1) is 26.4 Å². The molecule has 1 heterocycles. The first-order valence-electron chi connectivity index (χ1n) is 7.49. The first kappa shape index (κ1) is 18.5. The normalized spacial score (nSPS) is 12.8. The molecule has 0 aromatic heterocycles. The number of ether oxygens (including phenoxy) is 7. The Bertz CT molecular complexity index is 531. The Labute approximate surface area is 140 Å². The topological polar surface area (TPSA) is 81.7 Å². The second kappa shape index (κ2) is 10.1. The van der Waals surface area contributed by atoms with Crippen LogP contribution >= 0.6 is 0 Å². The number of Topliss-reactive ketones (excluding diaryl/α,β-unsaturated/α-hetero) is 1. The Morgan fingerprint density at radius 1 is 0.958 bits per heavy atom. The standard InChI is InChI=1S/C16H22O8/c1-18-3-5-20-10-23-12-7-14-16(13(17)9-22-14)15(8-12)24-11-21-6-4-19-2/h7-8H,3-6,9-11H2,1-2H3. The largest absolute Gasteiger partial charge is 0.484 e. The highest BCUT2D eigenvalue weighted by atomic mass is 16.7. The third-order valence-electron chi connectivity index (χ3n) is 3.15. The summed E-state index contributed by atoms with van der Waals surface area (Å²) < 4.78 is 36.6. The summed E-state index contributed by atoms with van der Waals surface area (Å²) in [5.74, 6) is 1.13. The predicted octanol–water partition coefficient (Wildman–Crippen LogP) is 1.26. The number of hydrogen-bond donors (Lipinski definition) is 0. The van der Waals surface area contributed by atoms with Gasteiger partial charge in [-0.05, 0) is 0 Å². The molecule has 134 valence electrons. The number of carbonyl (C=O) groups is 1. The van der Waals surface area contributed by atoms with Crippen molar-refractivity contribution in [3.63, 3.8) is 0 Å². The molecule has 0 unspecified atom stereocenters. The fourth-order valence-electron chi connectivity index (χ4n) is 1.98. The van der Waals surface area contributed by atoms with E-state index in [0.29, 0.717) is 49.2 Å². The van der Waals surface area contributed by atoms with Gasteiger partial charge in [-0.15, -0.1) is 0 Å². The zero-order valence-electron chi connectivity index (χ0n) is 13.9. The summed E-state index contributed by atoms with van der Waals surface area (Å²) in [5.41, 5.74) is 0.401. The molecule has 0 aliphatic carbocycles. The molecule has 1 aliphatic heterocycles. The van der Waals surface area contributed by atoms with E-state index in [1.54, 1.807) is 26.4 Å². The summed E-state index contributed by atoms with van der Waals surface area (Å²) in [6, 6.07) is 3.25. The molecule has 2 rings (SSSR count). The van der Waals surface area contributed by atoms with Crippen LogP contribution in [0, 0.1) is 0 Å². The smallest absolute Gasteiger partial charge is 0.207 e. The Kier molecular flexibility index (Phi) is 7.76. The Morgan fingerprint density at radius 3 is 2.29 bits per heavy atom. The second-order valence-electron chi connectivity index (χ2n) is 4.83. The van der Waals surface area contributed by atoms with E-state index >= 15 is 0 Å². The molecule has 0 saturated carbocycles. The fourth-order valence-corrected chi connectivity index (χ4v) is 1.98. The second-order valence-corrected chi connectivity index (χ2v) is 4.83. The van der Waals surface area contributed by atoms with Crippen molar-refractivity contribution in [1.82, 2.24) is 0 Å². The lowest BCUT2D eigenvalue weighted by atomic mass is 10.1. The number of carbonyl (C=O) groups excluding carboxylic acids is 1. The molecule has 8 nitrogen and oxygen atoms in total. The van der Waals surface area contributed by atoms with E-state index in [1.807, 2.05) is 0 Å². The van der Waals surface area contributed by atoms with Crippen LogP contribution in [0.25, 0.3) is 0 Å². The van der Waals surface area contributed by atoms with E-state index in [1.165, 1.54) is 0 Å². The van der Waals surface area contributed by atoms with Crippen molar-refractivity contribution in [3.8, 4) is 17.2 Å². The highest BCUT2D eigenvalue weighted by molar-refractivity contribution is 6.04. The maximum absolute atomic E-state index is 11.9. The minimum atomic E-state index is -0.139. The highest BCUT2D eigenvalue weighted by Gasteiger charge is 2.27. The molecule has 0 N–H and O–H groups in total. The summed E-state index contributed by atoms with van der Waals surface area (Å²) in [6.45, 7) is 1.81. The van der Waals surface area contributed by atoms with Crippen LogP contribution in [0.15, 0.2) is 12.1 Å². The quantitative estimate of drug-likeness (QED) is 0.415. The average molecular weight is 342 g/mol. The molecule has 1 aromatic carbocycles. The van der Waals surface area contributed by atoms with Crippen molar-refractivity contribution in [1.29, 1.82) is 0 Å². The summed E-state index contributed by atoms with van der Waals surface area (Å²) in [5, 5.41) is 0. The molecule has 0 atom stereocenters. The maximum atomic E-state index is 11.9. The third-order valence-corrected chi connectivity index (χ3v) is 3.15. The molecular formula is C16H22O8. The summed E-state index contributed by atoms with van der Waals surface area (Å²) in [6.07, 6.45) is 0. The fraction of sp³-hybridized carbons (Fsp3) is 0.562. The first-order valence-corrected chi connectivity index (χ1v) is 7.49. The lowest BCUT2D eigenvalue weighted by Crippen LogP contribution is -2.10. The lowest BCUT2D eigenvalue weighted by molar-refractivity contribution is -0.0118. The van der Waals surface area contributed by atoms with Crippen LogP contribution in [-0.4, -0.2) is 66.6 Å². The summed E-state index contributed by atoms with van der Waals surface area (Å²) in [4.78, 5) is 11.9. The molecule has 0 spiro atoms. The molecule has 8 heteroatoms. The monoisotopic (exact) mass is 342 g/mol. The van der Waals surface area contributed by atoms with E-state index in [9.17, 15) is 4.79 Å². The van der Waals surface area contributed by atoms with Gasteiger partial charge in [0.1, 0.15) is 22.8 Å². The number of benzene rings is 1. The van der Waals surface area contributed by atoms with E-state index < -0.39 is 0 Å². The van der Waals surface area contributed by atoms with Gasteiger partial charge in [-0.2, -0.15) is 0 Å². The van der Waals surface area contributed by atoms with Crippen molar-refractivity contribution in [2.75, 3.05) is 60.8 Å². The molecule has 1 aliphatic rings. The van der Waals surface area contributed by atoms with Crippen molar-refractivity contribution < 1.29 is 38.0 Å². The van der Waals surface area contributed by atoms with Crippen molar-refractivity contribution in [3.05, 3.63) is 17.7 Å². The third kappa shape index (κ3) is 5.34. The van der Waals surface area contributed by atoms with E-state index in [-0.39, 0.29) is 26.0 Å². The Morgan fingerprint density at radius 2 is 1.62 bits per heavy atom. The lowest BCUT2D eigenvalue weighted by Gasteiger charge is -2.13. The van der Waals surface area contributed by atoms with Crippen molar-refractivity contribution >= 4 is 5.78 Å². The maximum Gasteiger partial charge on any atom is 0.207 e. The van der Waals surface area contributed by atoms with Crippen molar-refractivity contribution in [2.45, 2.75) is 0 Å². The summed E-state index contributed by atoms with van der Waals surface area (Å²) >= 11 is 0. The first-order chi connectivity index (χ1) is 11.8. The van der Waals surface area contributed by atoms with Gasteiger partial charge < -0.3 is 33.2 Å². The van der Waals surface area contributed by atoms with Crippen LogP contribution in [0.5, 0.6) is 17.2 Å². The highest BCUT2D eigenvalue weighted by Crippen LogP contribution is 2.38. The Balaban J connectivity index is 1.95. The molecule has 0 fully saturated rings. The van der Waals surface area contributed by atoms with Crippen molar-refractivity contribution in [2.24, 2.45) is 0 Å². The molecule has 0 saturated heterocycles. The zero-order valence-corrected chi connectivity index (χ0v) is 13.9. The van der Waals surface area contributed by atoms with Crippen LogP contribution in [0.2, 0.25) is 0 Å². The van der Waals surface area contributed by atoms with E-state index in [2.05, 4.69) is 0 Å². The Hall–Kier alpha value is -1.87. The number of fused-ring (bicyclic) bond motifs is 1. The van der Waals surface area contributed by atoms with Crippen LogP contribution < -0.4 is 14.2 Å². The minimum Gasteiger partial charge on any atom is -0.484 e. The number of ketones is 1. The van der Waals surface area contributed by atoms with Crippen LogP contribution in [0.3, 0.4) is 0 Å².